The van der Waals surface area contributed by atoms with Crippen molar-refractivity contribution in [3.05, 3.63) is 23.8 Å². The van der Waals surface area contributed by atoms with Crippen LogP contribution in [-0.2, 0) is 4.79 Å². The average Bonchev–Trinajstić information content (AvgIpc) is 3.05. The predicted molar refractivity (Wildman–Crippen MR) is 123 cm³/mol. The molecular weight excluding hydrogens is 352 g/mol. The number of fused-ring (bicyclic) bond motifs is 5. The summed E-state index contributed by atoms with van der Waals surface area (Å²) in [5, 5.41) is 0. The van der Waals surface area contributed by atoms with Crippen molar-refractivity contribution < 1.29 is 4.79 Å². The Bertz CT molecular complexity index is 686. The Balaban J connectivity index is 1.49. The smallest absolute Gasteiger partial charge is 0.156 e. The normalized spacial score (nSPS) is 43.2. The van der Waals surface area contributed by atoms with Gasteiger partial charge in [0.05, 0.1) is 0 Å². The van der Waals surface area contributed by atoms with Crippen LogP contribution in [0.4, 0.5) is 0 Å². The molecule has 4 aliphatic rings. The molecule has 1 nitrogen and oxygen atoms in total. The van der Waals surface area contributed by atoms with Gasteiger partial charge in [0.2, 0.25) is 0 Å². The van der Waals surface area contributed by atoms with E-state index in [9.17, 15) is 4.79 Å². The van der Waals surface area contributed by atoms with Crippen molar-refractivity contribution in [2.45, 2.75) is 98.8 Å². The first-order valence-corrected chi connectivity index (χ1v) is 12.7. The van der Waals surface area contributed by atoms with Crippen molar-refractivity contribution in [3.63, 3.8) is 0 Å². The van der Waals surface area contributed by atoms with Gasteiger partial charge in [0.1, 0.15) is 0 Å². The van der Waals surface area contributed by atoms with Gasteiger partial charge in [0, 0.05) is 6.42 Å². The Hall–Kier alpha value is -0.850. The zero-order chi connectivity index (χ0) is 20.8. The van der Waals surface area contributed by atoms with Crippen molar-refractivity contribution in [3.8, 4) is 0 Å². The second-order valence-corrected chi connectivity index (χ2v) is 11.8. The Morgan fingerprint density at radius 2 is 1.86 bits per heavy atom. The third kappa shape index (κ3) is 3.59. The van der Waals surface area contributed by atoms with Crippen LogP contribution in [0.1, 0.15) is 98.8 Å². The second kappa shape index (κ2) is 8.01. The summed E-state index contributed by atoms with van der Waals surface area (Å²) in [6.45, 7) is 12.4. The molecule has 0 amide bonds. The summed E-state index contributed by atoms with van der Waals surface area (Å²) in [6.07, 6.45) is 19.9. The van der Waals surface area contributed by atoms with Crippen LogP contribution in [0.3, 0.4) is 0 Å². The summed E-state index contributed by atoms with van der Waals surface area (Å²) in [6, 6.07) is 0. The SMILES string of the molecule is CC[C@@H](C)CCCC(C)[C@H]1CCC2C3C=CC4=CC(=O)CC[C@]4(C)C3CC[C@@]21C. The molecular formula is C28H44O. The van der Waals surface area contributed by atoms with E-state index in [-0.39, 0.29) is 5.41 Å². The van der Waals surface area contributed by atoms with E-state index in [1.165, 1.54) is 56.9 Å². The number of hydrogen-bond donors (Lipinski definition) is 0. The molecule has 29 heavy (non-hydrogen) atoms. The van der Waals surface area contributed by atoms with Crippen LogP contribution in [0.2, 0.25) is 0 Å². The third-order valence-corrected chi connectivity index (χ3v) is 10.3. The molecule has 4 rings (SSSR count). The van der Waals surface area contributed by atoms with E-state index < -0.39 is 0 Å². The molecule has 2 fully saturated rings. The minimum Gasteiger partial charge on any atom is -0.295 e. The topological polar surface area (TPSA) is 17.1 Å². The third-order valence-electron chi connectivity index (χ3n) is 10.3. The average molecular weight is 397 g/mol. The van der Waals surface area contributed by atoms with E-state index >= 15 is 0 Å². The van der Waals surface area contributed by atoms with E-state index in [0.29, 0.717) is 11.2 Å². The van der Waals surface area contributed by atoms with Gasteiger partial charge in [-0.2, -0.15) is 0 Å². The maximum atomic E-state index is 12.0. The maximum absolute atomic E-state index is 12.0. The summed E-state index contributed by atoms with van der Waals surface area (Å²) in [5.41, 5.74) is 2.12. The zero-order valence-corrected chi connectivity index (χ0v) is 19.7. The highest BCUT2D eigenvalue weighted by molar-refractivity contribution is 5.92. The van der Waals surface area contributed by atoms with Gasteiger partial charge >= 0.3 is 0 Å². The summed E-state index contributed by atoms with van der Waals surface area (Å²) < 4.78 is 0. The summed E-state index contributed by atoms with van der Waals surface area (Å²) in [4.78, 5) is 12.0. The van der Waals surface area contributed by atoms with Gasteiger partial charge in [0.25, 0.3) is 0 Å². The van der Waals surface area contributed by atoms with Crippen LogP contribution in [-0.4, -0.2) is 5.78 Å². The van der Waals surface area contributed by atoms with E-state index in [1.807, 2.05) is 6.08 Å². The first kappa shape index (κ1) is 21.4. The van der Waals surface area contributed by atoms with Crippen LogP contribution in [0.15, 0.2) is 23.8 Å². The first-order valence-electron chi connectivity index (χ1n) is 12.7. The minimum absolute atomic E-state index is 0.245. The largest absolute Gasteiger partial charge is 0.295 e. The lowest BCUT2D eigenvalue weighted by molar-refractivity contribution is -0.116. The molecule has 0 saturated heterocycles. The van der Waals surface area contributed by atoms with Crippen LogP contribution < -0.4 is 0 Å². The maximum Gasteiger partial charge on any atom is 0.156 e. The van der Waals surface area contributed by atoms with Crippen molar-refractivity contribution in [2.24, 2.45) is 46.3 Å². The molecule has 1 heteroatoms. The van der Waals surface area contributed by atoms with Crippen LogP contribution in [0.25, 0.3) is 0 Å². The van der Waals surface area contributed by atoms with E-state index in [0.717, 1.165) is 48.3 Å². The number of rotatable bonds is 6. The number of ketones is 1. The molecule has 0 aromatic rings. The van der Waals surface area contributed by atoms with E-state index in [2.05, 4.69) is 46.8 Å². The van der Waals surface area contributed by atoms with Crippen molar-refractivity contribution in [2.75, 3.05) is 0 Å². The lowest BCUT2D eigenvalue weighted by Gasteiger charge is -2.56. The van der Waals surface area contributed by atoms with Gasteiger partial charge in [-0.05, 0) is 90.1 Å². The Morgan fingerprint density at radius 1 is 1.07 bits per heavy atom. The molecule has 4 unspecified atom stereocenters. The molecule has 0 radical (unpaired) electrons. The van der Waals surface area contributed by atoms with Gasteiger partial charge in [-0.25, -0.2) is 0 Å². The number of allylic oxidation sites excluding steroid dienone is 4. The zero-order valence-electron chi connectivity index (χ0n) is 19.7. The molecule has 0 aromatic heterocycles. The quantitative estimate of drug-likeness (QED) is 0.448. The molecule has 0 aliphatic heterocycles. The van der Waals surface area contributed by atoms with E-state index in [4.69, 9.17) is 0 Å². The Morgan fingerprint density at radius 3 is 2.62 bits per heavy atom. The fourth-order valence-corrected chi connectivity index (χ4v) is 8.17. The lowest BCUT2D eigenvalue weighted by atomic mass is 9.48. The highest BCUT2D eigenvalue weighted by atomic mass is 16.1. The van der Waals surface area contributed by atoms with Crippen LogP contribution in [0, 0.1) is 46.3 Å². The summed E-state index contributed by atoms with van der Waals surface area (Å²) >= 11 is 0. The fourth-order valence-electron chi connectivity index (χ4n) is 8.17. The monoisotopic (exact) mass is 396 g/mol. The minimum atomic E-state index is 0.245. The highest BCUT2D eigenvalue weighted by Crippen LogP contribution is 2.66. The van der Waals surface area contributed by atoms with Gasteiger partial charge in [-0.1, -0.05) is 72.5 Å². The van der Waals surface area contributed by atoms with Crippen molar-refractivity contribution >= 4 is 5.78 Å². The molecule has 4 aliphatic carbocycles. The predicted octanol–water partition coefficient (Wildman–Crippen LogP) is 7.76. The summed E-state index contributed by atoms with van der Waals surface area (Å²) in [5.74, 6) is 5.37. The Kier molecular flexibility index (Phi) is 5.91. The molecule has 162 valence electrons. The molecule has 0 heterocycles. The highest BCUT2D eigenvalue weighted by Gasteiger charge is 2.58. The number of carbonyl (C=O) groups is 1. The lowest BCUT2D eigenvalue weighted by Crippen LogP contribution is -2.49. The van der Waals surface area contributed by atoms with Crippen molar-refractivity contribution in [1.82, 2.24) is 0 Å². The van der Waals surface area contributed by atoms with Gasteiger partial charge in [-0.15, -0.1) is 0 Å². The van der Waals surface area contributed by atoms with Gasteiger partial charge < -0.3 is 0 Å². The molecule has 8 atom stereocenters. The summed E-state index contributed by atoms with van der Waals surface area (Å²) in [7, 11) is 0. The van der Waals surface area contributed by atoms with Crippen molar-refractivity contribution in [1.29, 1.82) is 0 Å². The number of hydrogen-bond acceptors (Lipinski definition) is 1. The Labute approximate surface area is 179 Å². The molecule has 0 bridgehead atoms. The molecule has 0 spiro atoms. The molecule has 0 aromatic carbocycles. The van der Waals surface area contributed by atoms with Crippen LogP contribution in [0.5, 0.6) is 0 Å². The fraction of sp³-hybridized carbons (Fsp3) is 0.821. The van der Waals surface area contributed by atoms with Gasteiger partial charge in [-0.3, -0.25) is 4.79 Å². The van der Waals surface area contributed by atoms with E-state index in [1.54, 1.807) is 0 Å². The second-order valence-electron chi connectivity index (χ2n) is 11.8. The van der Waals surface area contributed by atoms with Crippen LogP contribution >= 0.6 is 0 Å². The number of carbonyl (C=O) groups excluding carboxylic acids is 1. The first-order chi connectivity index (χ1) is 13.8. The molecule has 2 saturated carbocycles. The van der Waals surface area contributed by atoms with Gasteiger partial charge in [0.15, 0.2) is 5.78 Å². The molecule has 0 N–H and O–H groups in total. The standard InChI is InChI=1S/C28H44O/c1-6-19(2)8-7-9-20(3)24-12-13-25-23-11-10-21-18-22(29)14-16-27(21,4)26(23)15-17-28(24,25)5/h10-11,18-20,23-26H,6-9,12-17H2,1-5H3/t19-,20?,23?,24-,25?,26?,27+,28-/m1/s1.